The second-order valence-corrected chi connectivity index (χ2v) is 4.13. The fourth-order valence-electron chi connectivity index (χ4n) is 2.19. The number of hydrogen-bond donors (Lipinski definition) is 2. The van der Waals surface area contributed by atoms with Gasteiger partial charge in [-0.1, -0.05) is 6.92 Å². The van der Waals surface area contributed by atoms with E-state index in [9.17, 15) is 4.79 Å². The van der Waals surface area contributed by atoms with Crippen LogP contribution >= 0.6 is 24.8 Å². The van der Waals surface area contributed by atoms with Crippen LogP contribution in [0.1, 0.15) is 19.8 Å². The number of carbonyl (C=O) groups excluding carboxylic acids is 1. The highest BCUT2D eigenvalue weighted by atomic mass is 35.5. The third-order valence-electron chi connectivity index (χ3n) is 3.21. The summed E-state index contributed by atoms with van der Waals surface area (Å²) in [6, 6.07) is 0.476. The molecule has 1 amide bonds. The molecular formula is C11H25Cl2N3O2. The molecule has 18 heavy (non-hydrogen) atoms. The lowest BCUT2D eigenvalue weighted by Crippen LogP contribution is -2.46. The highest BCUT2D eigenvalue weighted by Gasteiger charge is 2.24. The van der Waals surface area contributed by atoms with Gasteiger partial charge in [0.15, 0.2) is 0 Å². The first-order valence-electron chi connectivity index (χ1n) is 5.97. The summed E-state index contributed by atoms with van der Waals surface area (Å²) in [5.41, 5.74) is 5.43. The third-order valence-corrected chi connectivity index (χ3v) is 3.21. The first-order valence-corrected chi connectivity index (χ1v) is 5.97. The highest BCUT2D eigenvalue weighted by Crippen LogP contribution is 2.15. The summed E-state index contributed by atoms with van der Waals surface area (Å²) < 4.78 is 4.98. The van der Waals surface area contributed by atoms with Crippen molar-refractivity contribution in [1.29, 1.82) is 0 Å². The average molecular weight is 302 g/mol. The number of methoxy groups -OCH3 is 1. The predicted octanol–water partition coefficient (Wildman–Crippen LogP) is 0.404. The van der Waals surface area contributed by atoms with Crippen molar-refractivity contribution in [2.24, 2.45) is 5.73 Å². The van der Waals surface area contributed by atoms with Crippen molar-refractivity contribution in [2.75, 3.05) is 33.3 Å². The monoisotopic (exact) mass is 301 g/mol. The van der Waals surface area contributed by atoms with Gasteiger partial charge in [0.1, 0.15) is 6.10 Å². The quantitative estimate of drug-likeness (QED) is 0.745. The van der Waals surface area contributed by atoms with E-state index in [1.807, 2.05) is 0 Å². The summed E-state index contributed by atoms with van der Waals surface area (Å²) in [6.45, 7) is 5.27. The Morgan fingerprint density at radius 3 is 2.72 bits per heavy atom. The number of nitrogens with two attached hydrogens (primary N) is 1. The molecule has 0 saturated carbocycles. The number of amides is 1. The van der Waals surface area contributed by atoms with Crippen LogP contribution in [0.3, 0.4) is 0 Å². The molecule has 0 spiro atoms. The minimum atomic E-state index is -0.517. The van der Waals surface area contributed by atoms with Crippen LogP contribution in [-0.4, -0.2) is 56.2 Å². The Kier molecular flexibility index (Phi) is 12.2. The van der Waals surface area contributed by atoms with Crippen LogP contribution in [0.2, 0.25) is 0 Å². The molecule has 1 heterocycles. The van der Waals surface area contributed by atoms with E-state index in [-0.39, 0.29) is 37.3 Å². The molecule has 1 rings (SSSR count). The summed E-state index contributed by atoms with van der Waals surface area (Å²) >= 11 is 0. The topological polar surface area (TPSA) is 67.6 Å². The Labute approximate surface area is 122 Å². The molecule has 2 unspecified atom stereocenters. The number of likely N-dealkylation sites (tertiary alicyclic amines) is 1. The van der Waals surface area contributed by atoms with E-state index in [0.717, 1.165) is 19.5 Å². The Bertz CT molecular complexity index is 228. The third kappa shape index (κ3) is 5.71. The number of rotatable bonds is 6. The summed E-state index contributed by atoms with van der Waals surface area (Å²) in [5.74, 6) is -0.104. The molecule has 110 valence electrons. The van der Waals surface area contributed by atoms with Gasteiger partial charge >= 0.3 is 0 Å². The van der Waals surface area contributed by atoms with Gasteiger partial charge in [-0.05, 0) is 25.9 Å². The molecule has 5 nitrogen and oxygen atoms in total. The van der Waals surface area contributed by atoms with Gasteiger partial charge in [-0.25, -0.2) is 0 Å². The molecule has 1 aliphatic heterocycles. The van der Waals surface area contributed by atoms with E-state index in [1.165, 1.54) is 13.5 Å². The summed E-state index contributed by atoms with van der Waals surface area (Å²) in [4.78, 5) is 14.0. The smallest absolute Gasteiger partial charge is 0.250 e. The first kappa shape index (κ1) is 20.3. The average Bonchev–Trinajstić information content (AvgIpc) is 2.75. The second-order valence-electron chi connectivity index (χ2n) is 4.13. The second kappa shape index (κ2) is 10.8. The van der Waals surface area contributed by atoms with Crippen LogP contribution in [0, 0.1) is 0 Å². The van der Waals surface area contributed by atoms with Gasteiger partial charge in [-0.3, -0.25) is 9.69 Å². The predicted molar refractivity (Wildman–Crippen MR) is 77.6 cm³/mol. The SMILES string of the molecule is CCN1CCCC1CNC(=O)C(CN)OC.Cl.Cl. The van der Waals surface area contributed by atoms with Crippen molar-refractivity contribution < 1.29 is 9.53 Å². The zero-order valence-electron chi connectivity index (χ0n) is 11.1. The molecule has 0 aliphatic carbocycles. The zero-order valence-corrected chi connectivity index (χ0v) is 12.7. The summed E-state index contributed by atoms with van der Waals surface area (Å²) in [7, 11) is 1.50. The number of nitrogens with one attached hydrogen (secondary N) is 1. The van der Waals surface area contributed by atoms with Crippen LogP contribution in [-0.2, 0) is 9.53 Å². The maximum atomic E-state index is 11.6. The van der Waals surface area contributed by atoms with E-state index < -0.39 is 6.10 Å². The van der Waals surface area contributed by atoms with Gasteiger partial charge in [-0.2, -0.15) is 0 Å². The van der Waals surface area contributed by atoms with Gasteiger partial charge in [0, 0.05) is 26.2 Å². The zero-order chi connectivity index (χ0) is 12.0. The van der Waals surface area contributed by atoms with Crippen molar-refractivity contribution in [2.45, 2.75) is 31.9 Å². The van der Waals surface area contributed by atoms with Gasteiger partial charge in [0.05, 0.1) is 0 Å². The van der Waals surface area contributed by atoms with E-state index in [0.29, 0.717) is 12.6 Å². The van der Waals surface area contributed by atoms with Gasteiger partial charge in [0.25, 0.3) is 0 Å². The van der Waals surface area contributed by atoms with Gasteiger partial charge in [0.2, 0.25) is 5.91 Å². The molecule has 7 heteroatoms. The minimum Gasteiger partial charge on any atom is -0.370 e. The highest BCUT2D eigenvalue weighted by molar-refractivity contribution is 5.85. The van der Waals surface area contributed by atoms with Crippen molar-refractivity contribution in [1.82, 2.24) is 10.2 Å². The molecule has 1 saturated heterocycles. The maximum Gasteiger partial charge on any atom is 0.250 e. The number of halogens is 2. The lowest BCUT2D eigenvalue weighted by Gasteiger charge is -2.23. The van der Waals surface area contributed by atoms with Crippen LogP contribution in [0.5, 0.6) is 0 Å². The molecular weight excluding hydrogens is 277 g/mol. The summed E-state index contributed by atoms with van der Waals surface area (Å²) in [6.07, 6.45) is 1.87. The van der Waals surface area contributed by atoms with Gasteiger partial charge in [-0.15, -0.1) is 24.8 Å². The largest absolute Gasteiger partial charge is 0.370 e. The number of ether oxygens (including phenoxy) is 1. The molecule has 1 aliphatic rings. The number of carbonyl (C=O) groups is 1. The first-order chi connectivity index (χ1) is 7.72. The molecule has 0 aromatic heterocycles. The van der Waals surface area contributed by atoms with E-state index in [4.69, 9.17) is 10.5 Å². The van der Waals surface area contributed by atoms with E-state index >= 15 is 0 Å². The lowest BCUT2D eigenvalue weighted by atomic mass is 10.2. The molecule has 0 aromatic rings. The van der Waals surface area contributed by atoms with Crippen molar-refractivity contribution in [3.63, 3.8) is 0 Å². The summed E-state index contributed by atoms with van der Waals surface area (Å²) in [5, 5.41) is 2.91. The molecule has 0 aromatic carbocycles. The Morgan fingerprint density at radius 2 is 2.22 bits per heavy atom. The molecule has 0 radical (unpaired) electrons. The fraction of sp³-hybridized carbons (Fsp3) is 0.909. The maximum absolute atomic E-state index is 11.6. The van der Waals surface area contributed by atoms with Crippen molar-refractivity contribution in [3.05, 3.63) is 0 Å². The van der Waals surface area contributed by atoms with E-state index in [1.54, 1.807) is 0 Å². The normalized spacial score (nSPS) is 20.7. The van der Waals surface area contributed by atoms with Crippen LogP contribution in [0.4, 0.5) is 0 Å². The molecule has 0 bridgehead atoms. The molecule has 3 N–H and O–H groups in total. The number of likely N-dealkylation sites (N-methyl/N-ethyl adjacent to an activating group) is 1. The Hall–Kier alpha value is -0.0700. The van der Waals surface area contributed by atoms with Crippen molar-refractivity contribution >= 4 is 30.7 Å². The van der Waals surface area contributed by atoms with Crippen LogP contribution in [0.25, 0.3) is 0 Å². The fourth-order valence-corrected chi connectivity index (χ4v) is 2.19. The molecule has 2 atom stereocenters. The lowest BCUT2D eigenvalue weighted by molar-refractivity contribution is -0.130. The van der Waals surface area contributed by atoms with Gasteiger partial charge < -0.3 is 15.8 Å². The minimum absolute atomic E-state index is 0. The molecule has 1 fully saturated rings. The number of nitrogens with zero attached hydrogens (tertiary/aromatic N) is 1. The Morgan fingerprint density at radius 1 is 1.56 bits per heavy atom. The number of hydrogen-bond acceptors (Lipinski definition) is 4. The Balaban J connectivity index is 0. The van der Waals surface area contributed by atoms with Crippen LogP contribution < -0.4 is 11.1 Å². The van der Waals surface area contributed by atoms with Crippen molar-refractivity contribution in [3.8, 4) is 0 Å². The standard InChI is InChI=1S/C11H23N3O2.2ClH/c1-3-14-6-4-5-9(14)8-13-11(15)10(7-12)16-2;;/h9-10H,3-8,12H2,1-2H3,(H,13,15);2*1H. The van der Waals surface area contributed by atoms with Crippen LogP contribution in [0.15, 0.2) is 0 Å². The van der Waals surface area contributed by atoms with E-state index in [2.05, 4.69) is 17.1 Å².